The summed E-state index contributed by atoms with van der Waals surface area (Å²) in [5.41, 5.74) is 6.76. The maximum atomic E-state index is 12.9. The predicted octanol–water partition coefficient (Wildman–Crippen LogP) is 4.91. The summed E-state index contributed by atoms with van der Waals surface area (Å²) in [6.45, 7) is 2.44. The third kappa shape index (κ3) is 4.32. The zero-order valence-corrected chi connectivity index (χ0v) is 19.3. The van der Waals surface area contributed by atoms with Crippen molar-refractivity contribution in [1.29, 1.82) is 0 Å². The fourth-order valence-electron chi connectivity index (χ4n) is 6.08. The van der Waals surface area contributed by atoms with Crippen molar-refractivity contribution in [3.05, 3.63) is 100 Å². The van der Waals surface area contributed by atoms with E-state index in [2.05, 4.69) is 52.8 Å². The Balaban J connectivity index is 1.42. The third-order valence-corrected chi connectivity index (χ3v) is 7.85. The van der Waals surface area contributed by atoms with Crippen LogP contribution in [0.25, 0.3) is 0 Å². The van der Waals surface area contributed by atoms with E-state index in [4.69, 9.17) is 0 Å². The van der Waals surface area contributed by atoms with Crippen LogP contribution in [0.1, 0.15) is 64.0 Å². The first-order valence-electron chi connectivity index (χ1n) is 12.1. The molecule has 0 spiro atoms. The highest BCUT2D eigenvalue weighted by atomic mass is 16.3. The minimum Gasteiger partial charge on any atom is -0.393 e. The number of aliphatic hydroxyl groups is 1. The van der Waals surface area contributed by atoms with Gasteiger partial charge in [0.1, 0.15) is 0 Å². The van der Waals surface area contributed by atoms with Gasteiger partial charge in [0.15, 0.2) is 0 Å². The highest BCUT2D eigenvalue weighted by Gasteiger charge is 2.47. The van der Waals surface area contributed by atoms with Crippen LogP contribution in [0.2, 0.25) is 0 Å². The zero-order chi connectivity index (χ0) is 22.8. The molecule has 1 heterocycles. The lowest BCUT2D eigenvalue weighted by Gasteiger charge is -2.50. The van der Waals surface area contributed by atoms with E-state index in [1.165, 1.54) is 16.7 Å². The number of fused-ring (bicyclic) bond motifs is 3. The lowest BCUT2D eigenvalue weighted by Crippen LogP contribution is -2.47. The first-order chi connectivity index (χ1) is 16.0. The van der Waals surface area contributed by atoms with Gasteiger partial charge in [-0.05, 0) is 91.8 Å². The number of benzene rings is 2. The standard InChI is InChI=1S/C29H32N2O2/c1-20-24(8-5-15-30-20)19-31-28(33)23-10-12-27-22(16-23)9-11-25-17-26(32)13-14-29(25,27)18-21-6-3-2-4-7-21/h2-8,10,12,15-16,25-26,32H,9,11,13-14,17-19H2,1H3,(H,31,33)/t25?,26?,29-/m0/s1. The molecule has 4 nitrogen and oxygen atoms in total. The van der Waals surface area contributed by atoms with Crippen LogP contribution in [-0.4, -0.2) is 22.1 Å². The number of nitrogens with zero attached hydrogens (tertiary/aromatic N) is 1. The fourth-order valence-corrected chi connectivity index (χ4v) is 6.08. The first kappa shape index (κ1) is 21.8. The van der Waals surface area contributed by atoms with Crippen LogP contribution < -0.4 is 5.32 Å². The Morgan fingerprint density at radius 2 is 1.97 bits per heavy atom. The third-order valence-electron chi connectivity index (χ3n) is 7.85. The average molecular weight is 441 g/mol. The molecule has 33 heavy (non-hydrogen) atoms. The number of amides is 1. The SMILES string of the molecule is Cc1ncccc1CNC(=O)c1ccc2c(c1)CCC1CC(O)CC[C@@]21Cc1ccccc1. The van der Waals surface area contributed by atoms with E-state index < -0.39 is 0 Å². The van der Waals surface area contributed by atoms with Crippen molar-refractivity contribution < 1.29 is 9.90 Å². The van der Waals surface area contributed by atoms with Crippen molar-refractivity contribution in [3.8, 4) is 0 Å². The second-order valence-corrected chi connectivity index (χ2v) is 9.78. The van der Waals surface area contributed by atoms with Gasteiger partial charge >= 0.3 is 0 Å². The molecule has 1 saturated carbocycles. The molecular weight excluding hydrogens is 408 g/mol. The van der Waals surface area contributed by atoms with Crippen molar-refractivity contribution in [3.63, 3.8) is 0 Å². The second-order valence-electron chi connectivity index (χ2n) is 9.78. The zero-order valence-electron chi connectivity index (χ0n) is 19.3. The number of aliphatic hydroxyl groups excluding tert-OH is 1. The maximum absolute atomic E-state index is 12.9. The van der Waals surface area contributed by atoms with Crippen molar-refractivity contribution >= 4 is 5.91 Å². The van der Waals surface area contributed by atoms with Crippen molar-refractivity contribution in [2.45, 2.75) is 63.5 Å². The maximum Gasteiger partial charge on any atom is 0.251 e. The van der Waals surface area contributed by atoms with Crippen molar-refractivity contribution in [2.75, 3.05) is 0 Å². The molecule has 1 fully saturated rings. The molecular formula is C29H32N2O2. The van der Waals surface area contributed by atoms with Gasteiger partial charge in [-0.25, -0.2) is 0 Å². The Kier molecular flexibility index (Phi) is 6.03. The highest BCUT2D eigenvalue weighted by molar-refractivity contribution is 5.94. The summed E-state index contributed by atoms with van der Waals surface area (Å²) in [5.74, 6) is 0.432. The molecule has 0 radical (unpaired) electrons. The first-order valence-corrected chi connectivity index (χ1v) is 12.1. The summed E-state index contributed by atoms with van der Waals surface area (Å²) in [7, 11) is 0. The quantitative estimate of drug-likeness (QED) is 0.593. The minimum absolute atomic E-state index is 0.0377. The molecule has 0 aliphatic heterocycles. The highest BCUT2D eigenvalue weighted by Crippen LogP contribution is 2.52. The van der Waals surface area contributed by atoms with E-state index in [-0.39, 0.29) is 17.4 Å². The van der Waals surface area contributed by atoms with Gasteiger partial charge in [0, 0.05) is 29.4 Å². The summed E-state index contributed by atoms with van der Waals surface area (Å²) in [4.78, 5) is 17.3. The lowest BCUT2D eigenvalue weighted by atomic mass is 9.54. The van der Waals surface area contributed by atoms with E-state index in [1.807, 2.05) is 25.1 Å². The van der Waals surface area contributed by atoms with E-state index in [0.29, 0.717) is 12.5 Å². The Hall–Kier alpha value is -2.98. The second kappa shape index (κ2) is 9.11. The van der Waals surface area contributed by atoms with Gasteiger partial charge in [-0.1, -0.05) is 42.5 Å². The van der Waals surface area contributed by atoms with Crippen LogP contribution in [0.3, 0.4) is 0 Å². The summed E-state index contributed by atoms with van der Waals surface area (Å²) in [6, 6.07) is 20.9. The molecule has 1 aromatic heterocycles. The number of carbonyl (C=O) groups is 1. The van der Waals surface area contributed by atoms with Crippen molar-refractivity contribution in [2.24, 2.45) is 5.92 Å². The molecule has 2 unspecified atom stereocenters. The predicted molar refractivity (Wildman–Crippen MR) is 130 cm³/mol. The van der Waals surface area contributed by atoms with Gasteiger partial charge in [-0.15, -0.1) is 0 Å². The minimum atomic E-state index is -0.193. The number of pyridine rings is 1. The van der Waals surface area contributed by atoms with E-state index in [9.17, 15) is 9.90 Å². The van der Waals surface area contributed by atoms with Crippen LogP contribution in [0, 0.1) is 12.8 Å². The van der Waals surface area contributed by atoms with Gasteiger partial charge in [-0.3, -0.25) is 9.78 Å². The Morgan fingerprint density at radius 3 is 2.79 bits per heavy atom. The number of rotatable bonds is 5. The molecule has 1 amide bonds. The summed E-state index contributed by atoms with van der Waals surface area (Å²) < 4.78 is 0. The smallest absolute Gasteiger partial charge is 0.251 e. The van der Waals surface area contributed by atoms with E-state index in [0.717, 1.165) is 55.3 Å². The summed E-state index contributed by atoms with van der Waals surface area (Å²) >= 11 is 0. The lowest BCUT2D eigenvalue weighted by molar-refractivity contribution is 0.0406. The molecule has 3 atom stereocenters. The fraction of sp³-hybridized carbons (Fsp3) is 0.379. The normalized spacial score (nSPS) is 23.9. The van der Waals surface area contributed by atoms with Gasteiger partial charge in [0.2, 0.25) is 0 Å². The molecule has 5 rings (SSSR count). The van der Waals surface area contributed by atoms with Gasteiger partial charge in [0.05, 0.1) is 6.10 Å². The van der Waals surface area contributed by atoms with Crippen LogP contribution in [0.4, 0.5) is 0 Å². The monoisotopic (exact) mass is 440 g/mol. The summed E-state index contributed by atoms with van der Waals surface area (Å²) in [5, 5.41) is 13.5. The molecule has 2 aliphatic carbocycles. The number of aromatic nitrogens is 1. The molecule has 0 saturated heterocycles. The van der Waals surface area contributed by atoms with Crippen LogP contribution in [0.5, 0.6) is 0 Å². The number of aryl methyl sites for hydroxylation is 2. The molecule has 0 bridgehead atoms. The number of nitrogens with one attached hydrogen (secondary N) is 1. The van der Waals surface area contributed by atoms with Crippen molar-refractivity contribution in [1.82, 2.24) is 10.3 Å². The van der Waals surface area contributed by atoms with Gasteiger partial charge < -0.3 is 10.4 Å². The average Bonchev–Trinajstić information content (AvgIpc) is 2.84. The Labute approximate surface area is 196 Å². The topological polar surface area (TPSA) is 62.2 Å². The van der Waals surface area contributed by atoms with E-state index >= 15 is 0 Å². The van der Waals surface area contributed by atoms with Crippen LogP contribution >= 0.6 is 0 Å². The number of hydrogen-bond donors (Lipinski definition) is 2. The van der Waals surface area contributed by atoms with E-state index in [1.54, 1.807) is 6.20 Å². The molecule has 4 heteroatoms. The summed E-state index contributed by atoms with van der Waals surface area (Å²) in [6.07, 6.45) is 7.31. The van der Waals surface area contributed by atoms with Gasteiger partial charge in [0.25, 0.3) is 5.91 Å². The molecule has 2 aromatic carbocycles. The van der Waals surface area contributed by atoms with Crippen LogP contribution in [-0.2, 0) is 24.8 Å². The number of carbonyl (C=O) groups excluding carboxylic acids is 1. The molecule has 170 valence electrons. The van der Waals surface area contributed by atoms with Gasteiger partial charge in [-0.2, -0.15) is 0 Å². The Morgan fingerprint density at radius 1 is 1.12 bits per heavy atom. The Bertz CT molecular complexity index is 1140. The molecule has 2 N–H and O–H groups in total. The van der Waals surface area contributed by atoms with Crippen LogP contribution in [0.15, 0.2) is 66.9 Å². The molecule has 3 aromatic rings. The largest absolute Gasteiger partial charge is 0.393 e. The molecule has 2 aliphatic rings. The number of hydrogen-bond acceptors (Lipinski definition) is 3.